The van der Waals surface area contributed by atoms with Crippen LogP contribution in [0.2, 0.25) is 0 Å². The van der Waals surface area contributed by atoms with Crippen molar-refractivity contribution in [3.8, 4) is 5.75 Å². The van der Waals surface area contributed by atoms with Gasteiger partial charge >= 0.3 is 0 Å². The number of methoxy groups -OCH3 is 1. The molecule has 0 aliphatic rings. The molecule has 1 N–H and O–H groups in total. The summed E-state index contributed by atoms with van der Waals surface area (Å²) in [6, 6.07) is 8.22. The Kier molecular flexibility index (Phi) is 5.19. The smallest absolute Gasteiger partial charge is 0.118 e. The minimum Gasteiger partial charge on any atom is -0.497 e. The van der Waals surface area contributed by atoms with Crippen LogP contribution in [0.3, 0.4) is 0 Å². The van der Waals surface area contributed by atoms with Crippen LogP contribution in [0.15, 0.2) is 30.5 Å². The van der Waals surface area contributed by atoms with Gasteiger partial charge in [0.2, 0.25) is 0 Å². The van der Waals surface area contributed by atoms with Crippen LogP contribution in [-0.2, 0) is 0 Å². The Bertz CT molecular complexity index is 366. The summed E-state index contributed by atoms with van der Waals surface area (Å²) < 4.78 is 5.18. The molecule has 1 rings (SSSR count). The molecule has 0 heterocycles. The molecule has 0 saturated carbocycles. The van der Waals surface area contributed by atoms with Crippen molar-refractivity contribution < 1.29 is 9.64 Å². The predicted octanol–water partition coefficient (Wildman–Crippen LogP) is 0.742. The Labute approximate surface area is 104 Å². The van der Waals surface area contributed by atoms with Gasteiger partial charge in [0.1, 0.15) is 5.75 Å². The second-order valence-corrected chi connectivity index (χ2v) is 4.71. The predicted molar refractivity (Wildman–Crippen MR) is 72.3 cm³/mol. The van der Waals surface area contributed by atoms with Crippen LogP contribution in [-0.4, -0.2) is 46.7 Å². The highest BCUT2D eigenvalue weighted by molar-refractivity contribution is 5.66. The van der Waals surface area contributed by atoms with E-state index >= 15 is 0 Å². The molecule has 0 radical (unpaired) electrons. The average Bonchev–Trinajstić information content (AvgIpc) is 2.27. The second kappa shape index (κ2) is 6.42. The van der Waals surface area contributed by atoms with Gasteiger partial charge in [0, 0.05) is 12.1 Å². The van der Waals surface area contributed by atoms with E-state index in [1.165, 1.54) is 16.0 Å². The zero-order valence-electron chi connectivity index (χ0n) is 11.4. The Morgan fingerprint density at radius 1 is 1.24 bits per heavy atom. The van der Waals surface area contributed by atoms with Crippen LogP contribution in [0, 0.1) is 0 Å². The van der Waals surface area contributed by atoms with E-state index in [1.54, 1.807) is 7.11 Å². The summed E-state index contributed by atoms with van der Waals surface area (Å²) in [5.74, 6) is 0.898. The summed E-state index contributed by atoms with van der Waals surface area (Å²) in [5, 5.41) is 0. The topological polar surface area (TPSA) is 16.9 Å². The van der Waals surface area contributed by atoms with E-state index in [1.807, 2.05) is 12.1 Å². The highest BCUT2D eigenvalue weighted by Gasteiger charge is 2.06. The highest BCUT2D eigenvalue weighted by Crippen LogP contribution is 2.18. The van der Waals surface area contributed by atoms with Crippen LogP contribution >= 0.6 is 0 Å². The van der Waals surface area contributed by atoms with Crippen molar-refractivity contribution in [2.75, 3.05) is 41.8 Å². The SMILES string of the molecule is COc1ccc(/C(=C\[NH+](C)C)CN(C)C)cc1. The molecule has 3 heteroatoms. The first-order chi connectivity index (χ1) is 8.02. The van der Waals surface area contributed by atoms with Crippen LogP contribution in [0.25, 0.3) is 5.57 Å². The molecule has 0 unspecified atom stereocenters. The quantitative estimate of drug-likeness (QED) is 0.811. The van der Waals surface area contributed by atoms with Crippen molar-refractivity contribution in [1.29, 1.82) is 0 Å². The first kappa shape index (κ1) is 13.7. The van der Waals surface area contributed by atoms with Crippen LogP contribution in [0.4, 0.5) is 0 Å². The number of hydrogen-bond donors (Lipinski definition) is 1. The van der Waals surface area contributed by atoms with E-state index < -0.39 is 0 Å². The number of nitrogens with zero attached hydrogens (tertiary/aromatic N) is 1. The van der Waals surface area contributed by atoms with Crippen LogP contribution in [0.5, 0.6) is 5.75 Å². The molecule has 0 amide bonds. The van der Waals surface area contributed by atoms with E-state index in [2.05, 4.69) is 51.4 Å². The maximum absolute atomic E-state index is 5.18. The first-order valence-corrected chi connectivity index (χ1v) is 5.83. The fraction of sp³-hybridized carbons (Fsp3) is 0.429. The molecule has 0 bridgehead atoms. The van der Waals surface area contributed by atoms with Gasteiger partial charge in [0.05, 0.1) is 27.4 Å². The largest absolute Gasteiger partial charge is 0.497 e. The molecule has 1 aromatic carbocycles. The minimum atomic E-state index is 0.898. The normalized spacial score (nSPS) is 12.3. The van der Waals surface area contributed by atoms with Crippen molar-refractivity contribution in [3.63, 3.8) is 0 Å². The number of benzene rings is 1. The Morgan fingerprint density at radius 2 is 1.82 bits per heavy atom. The van der Waals surface area contributed by atoms with E-state index in [0.717, 1.165) is 12.3 Å². The Morgan fingerprint density at radius 3 is 2.24 bits per heavy atom. The fourth-order valence-corrected chi connectivity index (χ4v) is 1.71. The van der Waals surface area contributed by atoms with Gasteiger partial charge in [-0.3, -0.25) is 0 Å². The van der Waals surface area contributed by atoms with Gasteiger partial charge in [0.15, 0.2) is 0 Å². The van der Waals surface area contributed by atoms with E-state index in [9.17, 15) is 0 Å². The number of nitrogens with one attached hydrogen (secondary N) is 1. The third kappa shape index (κ3) is 4.59. The summed E-state index contributed by atoms with van der Waals surface area (Å²) >= 11 is 0. The standard InChI is InChI=1S/C14H22N2O/c1-15(2)10-13(11-16(3)4)12-6-8-14(17-5)9-7-12/h6-10H,11H2,1-5H3/p+1/b13-10-. The van der Waals surface area contributed by atoms with Gasteiger partial charge in [-0.25, -0.2) is 0 Å². The molecule has 3 nitrogen and oxygen atoms in total. The molecule has 0 atom stereocenters. The zero-order chi connectivity index (χ0) is 12.8. The number of rotatable bonds is 5. The first-order valence-electron chi connectivity index (χ1n) is 5.83. The van der Waals surface area contributed by atoms with E-state index in [4.69, 9.17) is 4.74 Å². The molecule has 0 aliphatic heterocycles. The molecule has 0 aliphatic carbocycles. The second-order valence-electron chi connectivity index (χ2n) is 4.71. The van der Waals surface area contributed by atoms with Crippen molar-refractivity contribution in [3.05, 3.63) is 36.0 Å². The Hall–Kier alpha value is -1.32. The maximum atomic E-state index is 5.18. The summed E-state index contributed by atoms with van der Waals surface area (Å²) in [5.41, 5.74) is 2.58. The third-order valence-electron chi connectivity index (χ3n) is 2.41. The average molecular weight is 235 g/mol. The summed E-state index contributed by atoms with van der Waals surface area (Å²) in [7, 11) is 10.1. The number of ether oxygens (including phenoxy) is 1. The summed E-state index contributed by atoms with van der Waals surface area (Å²) in [6.07, 6.45) is 2.24. The van der Waals surface area contributed by atoms with Gasteiger partial charge in [-0.2, -0.15) is 0 Å². The van der Waals surface area contributed by atoms with Gasteiger partial charge in [0.25, 0.3) is 0 Å². The molecular formula is C14H23N2O+. The summed E-state index contributed by atoms with van der Waals surface area (Å²) in [4.78, 5) is 3.50. The minimum absolute atomic E-state index is 0.898. The third-order valence-corrected chi connectivity index (χ3v) is 2.41. The van der Waals surface area contributed by atoms with Crippen molar-refractivity contribution in [1.82, 2.24) is 4.90 Å². The molecule has 0 fully saturated rings. The number of likely N-dealkylation sites (N-methyl/N-ethyl adjacent to an activating group) is 1. The number of hydrogen-bond acceptors (Lipinski definition) is 2. The molecule has 17 heavy (non-hydrogen) atoms. The van der Waals surface area contributed by atoms with Gasteiger partial charge in [-0.1, -0.05) is 12.1 Å². The zero-order valence-corrected chi connectivity index (χ0v) is 11.4. The molecule has 0 spiro atoms. The van der Waals surface area contributed by atoms with Crippen LogP contribution < -0.4 is 9.64 Å². The summed E-state index contributed by atoms with van der Waals surface area (Å²) in [6.45, 7) is 0.942. The maximum Gasteiger partial charge on any atom is 0.118 e. The van der Waals surface area contributed by atoms with Crippen molar-refractivity contribution >= 4 is 5.57 Å². The highest BCUT2D eigenvalue weighted by atomic mass is 16.5. The van der Waals surface area contributed by atoms with Crippen molar-refractivity contribution in [2.24, 2.45) is 0 Å². The van der Waals surface area contributed by atoms with Gasteiger partial charge in [-0.05, 0) is 31.8 Å². The molecule has 94 valence electrons. The Balaban J connectivity index is 2.96. The molecule has 1 aromatic rings. The van der Waals surface area contributed by atoms with Crippen molar-refractivity contribution in [2.45, 2.75) is 0 Å². The monoisotopic (exact) mass is 235 g/mol. The molecule has 0 saturated heterocycles. The molecular weight excluding hydrogens is 212 g/mol. The lowest BCUT2D eigenvalue weighted by molar-refractivity contribution is -0.800. The lowest BCUT2D eigenvalue weighted by Crippen LogP contribution is -3.00. The number of quaternary nitrogens is 1. The van der Waals surface area contributed by atoms with Gasteiger partial charge in [-0.15, -0.1) is 0 Å². The van der Waals surface area contributed by atoms with Crippen LogP contribution in [0.1, 0.15) is 5.56 Å². The van der Waals surface area contributed by atoms with E-state index in [-0.39, 0.29) is 0 Å². The lowest BCUT2D eigenvalue weighted by atomic mass is 10.1. The fourth-order valence-electron chi connectivity index (χ4n) is 1.71. The van der Waals surface area contributed by atoms with E-state index in [0.29, 0.717) is 0 Å². The lowest BCUT2D eigenvalue weighted by Gasteiger charge is -2.14. The molecule has 0 aromatic heterocycles. The van der Waals surface area contributed by atoms with Gasteiger partial charge < -0.3 is 14.5 Å².